The molecule has 7 heteroatoms. The lowest BCUT2D eigenvalue weighted by atomic mass is 9.92. The Hall–Kier alpha value is -2.34. The fraction of sp³-hybridized carbons (Fsp3) is 0.476. The highest BCUT2D eigenvalue weighted by Crippen LogP contribution is 2.23. The Morgan fingerprint density at radius 3 is 2.46 bits per heavy atom. The van der Waals surface area contributed by atoms with Crippen LogP contribution < -0.4 is 0 Å². The number of nitrogens with zero attached hydrogens (tertiary/aromatic N) is 3. The van der Waals surface area contributed by atoms with Gasteiger partial charge in [0.25, 0.3) is 5.91 Å². The average Bonchev–Trinajstić information content (AvgIpc) is 2.93. The number of esters is 1. The van der Waals surface area contributed by atoms with Crippen LogP contribution in [0, 0.1) is 18.8 Å². The molecule has 28 heavy (non-hydrogen) atoms. The van der Waals surface area contributed by atoms with Crippen LogP contribution in [-0.4, -0.2) is 46.3 Å². The minimum atomic E-state index is -0.617. The molecule has 1 amide bonds. The van der Waals surface area contributed by atoms with Gasteiger partial charge >= 0.3 is 5.97 Å². The molecule has 150 valence electrons. The van der Waals surface area contributed by atoms with Crippen molar-refractivity contribution in [2.75, 3.05) is 19.7 Å². The van der Waals surface area contributed by atoms with E-state index in [1.165, 1.54) is 0 Å². The van der Waals surface area contributed by atoms with Gasteiger partial charge in [-0.1, -0.05) is 55.8 Å². The number of ether oxygens (including phenoxy) is 1. The van der Waals surface area contributed by atoms with Crippen LogP contribution in [0.25, 0.3) is 0 Å². The second-order valence-electron chi connectivity index (χ2n) is 7.72. The molecule has 1 fully saturated rings. The zero-order valence-electron chi connectivity index (χ0n) is 16.5. The third-order valence-corrected chi connectivity index (χ3v) is 5.38. The molecule has 1 saturated heterocycles. The van der Waals surface area contributed by atoms with Gasteiger partial charge in [-0.2, -0.15) is 5.10 Å². The number of piperidine rings is 1. The van der Waals surface area contributed by atoms with Crippen molar-refractivity contribution in [3.8, 4) is 0 Å². The molecular formula is C21H26ClN3O3. The van der Waals surface area contributed by atoms with E-state index in [0.29, 0.717) is 37.2 Å². The van der Waals surface area contributed by atoms with Gasteiger partial charge in [-0.05, 0) is 30.7 Å². The first kappa shape index (κ1) is 20.4. The van der Waals surface area contributed by atoms with E-state index in [1.54, 1.807) is 16.5 Å². The van der Waals surface area contributed by atoms with Crippen LogP contribution in [0.4, 0.5) is 0 Å². The molecule has 3 rings (SSSR count). The summed E-state index contributed by atoms with van der Waals surface area (Å²) in [6.45, 7) is 7.55. The first-order valence-corrected chi connectivity index (χ1v) is 9.94. The first-order valence-electron chi connectivity index (χ1n) is 9.57. The molecule has 0 saturated carbocycles. The van der Waals surface area contributed by atoms with Gasteiger partial charge in [0.15, 0.2) is 6.61 Å². The Balaban J connectivity index is 1.63. The SMILES string of the molecule is Cc1nn(Cc2ccccc2)c(Cl)c1C(=O)OCC(=O)N1CC(C)CC(C)C1. The Labute approximate surface area is 170 Å². The lowest BCUT2D eigenvalue weighted by molar-refractivity contribution is -0.137. The van der Waals surface area contributed by atoms with Crippen molar-refractivity contribution in [2.45, 2.75) is 33.7 Å². The van der Waals surface area contributed by atoms with Gasteiger partial charge in [-0.3, -0.25) is 4.79 Å². The average molecular weight is 404 g/mol. The van der Waals surface area contributed by atoms with Gasteiger partial charge in [-0.25, -0.2) is 9.48 Å². The highest BCUT2D eigenvalue weighted by molar-refractivity contribution is 6.32. The molecule has 0 spiro atoms. The van der Waals surface area contributed by atoms with Crippen molar-refractivity contribution in [3.63, 3.8) is 0 Å². The number of hydrogen-bond donors (Lipinski definition) is 0. The van der Waals surface area contributed by atoms with Gasteiger partial charge in [0, 0.05) is 13.1 Å². The first-order chi connectivity index (χ1) is 13.3. The summed E-state index contributed by atoms with van der Waals surface area (Å²) < 4.78 is 6.84. The number of hydrogen-bond acceptors (Lipinski definition) is 4. The molecule has 0 aliphatic carbocycles. The summed E-state index contributed by atoms with van der Waals surface area (Å²) >= 11 is 6.38. The summed E-state index contributed by atoms with van der Waals surface area (Å²) in [4.78, 5) is 26.8. The normalized spacial score (nSPS) is 19.5. The number of carbonyl (C=O) groups is 2. The van der Waals surface area contributed by atoms with Gasteiger partial charge in [0.05, 0.1) is 12.2 Å². The molecule has 6 nitrogen and oxygen atoms in total. The predicted octanol–water partition coefficient (Wildman–Crippen LogP) is 3.55. The molecule has 2 unspecified atom stereocenters. The second-order valence-corrected chi connectivity index (χ2v) is 8.07. The number of likely N-dealkylation sites (tertiary alicyclic amines) is 1. The maximum Gasteiger partial charge on any atom is 0.343 e. The van der Waals surface area contributed by atoms with Crippen molar-refractivity contribution in [1.82, 2.24) is 14.7 Å². The highest BCUT2D eigenvalue weighted by atomic mass is 35.5. The van der Waals surface area contributed by atoms with E-state index in [9.17, 15) is 9.59 Å². The maximum atomic E-state index is 12.5. The summed E-state index contributed by atoms with van der Waals surface area (Å²) in [6.07, 6.45) is 1.11. The predicted molar refractivity (Wildman–Crippen MR) is 107 cm³/mol. The van der Waals surface area contributed by atoms with E-state index in [-0.39, 0.29) is 23.2 Å². The topological polar surface area (TPSA) is 64.4 Å². The Bertz CT molecular complexity index is 840. The summed E-state index contributed by atoms with van der Waals surface area (Å²) in [5.74, 6) is 0.123. The molecule has 1 aliphatic heterocycles. The molecule has 0 N–H and O–H groups in total. The van der Waals surface area contributed by atoms with Crippen LogP contribution >= 0.6 is 11.6 Å². The van der Waals surface area contributed by atoms with Crippen LogP contribution in [0.1, 0.15) is 41.9 Å². The standard InChI is InChI=1S/C21H26ClN3O3/c1-14-9-15(2)11-24(10-14)18(26)13-28-21(27)19-16(3)23-25(20(19)22)12-17-7-5-4-6-8-17/h4-8,14-15H,9-13H2,1-3H3. The third kappa shape index (κ3) is 4.73. The van der Waals surface area contributed by atoms with E-state index in [4.69, 9.17) is 16.3 Å². The number of carbonyl (C=O) groups excluding carboxylic acids is 2. The fourth-order valence-corrected chi connectivity index (χ4v) is 4.12. The van der Waals surface area contributed by atoms with Crippen LogP contribution in [0.3, 0.4) is 0 Å². The third-order valence-electron chi connectivity index (χ3n) is 4.99. The Morgan fingerprint density at radius 1 is 1.18 bits per heavy atom. The second kappa shape index (κ2) is 8.78. The van der Waals surface area contributed by atoms with Crippen LogP contribution in [0.5, 0.6) is 0 Å². The zero-order chi connectivity index (χ0) is 20.3. The molecule has 2 atom stereocenters. The van der Waals surface area contributed by atoms with Crippen LogP contribution in [0.15, 0.2) is 30.3 Å². The van der Waals surface area contributed by atoms with Gasteiger partial charge in [-0.15, -0.1) is 0 Å². The number of rotatable bonds is 5. The van der Waals surface area contributed by atoms with E-state index in [0.717, 1.165) is 12.0 Å². The highest BCUT2D eigenvalue weighted by Gasteiger charge is 2.27. The van der Waals surface area contributed by atoms with Crippen molar-refractivity contribution >= 4 is 23.5 Å². The molecule has 1 aromatic heterocycles. The quantitative estimate of drug-likeness (QED) is 0.716. The van der Waals surface area contributed by atoms with Crippen molar-refractivity contribution < 1.29 is 14.3 Å². The zero-order valence-corrected chi connectivity index (χ0v) is 17.3. The number of aromatic nitrogens is 2. The Morgan fingerprint density at radius 2 is 1.82 bits per heavy atom. The number of halogens is 1. The summed E-state index contributed by atoms with van der Waals surface area (Å²) in [6, 6.07) is 9.73. The fourth-order valence-electron chi connectivity index (χ4n) is 3.80. The molecule has 2 aromatic rings. The largest absolute Gasteiger partial charge is 0.452 e. The van der Waals surface area contributed by atoms with Crippen LogP contribution in [-0.2, 0) is 16.1 Å². The number of aryl methyl sites for hydroxylation is 1. The minimum absolute atomic E-state index is 0.169. The van der Waals surface area contributed by atoms with Gasteiger partial charge in [0.2, 0.25) is 0 Å². The van der Waals surface area contributed by atoms with E-state index in [2.05, 4.69) is 18.9 Å². The molecular weight excluding hydrogens is 378 g/mol. The lowest BCUT2D eigenvalue weighted by Crippen LogP contribution is -2.44. The van der Waals surface area contributed by atoms with Crippen molar-refractivity contribution in [1.29, 1.82) is 0 Å². The van der Waals surface area contributed by atoms with Crippen molar-refractivity contribution in [2.24, 2.45) is 11.8 Å². The summed E-state index contributed by atoms with van der Waals surface area (Å²) in [7, 11) is 0. The molecule has 1 aromatic carbocycles. The molecule has 0 bridgehead atoms. The monoisotopic (exact) mass is 403 g/mol. The molecule has 1 aliphatic rings. The smallest absolute Gasteiger partial charge is 0.343 e. The maximum absolute atomic E-state index is 12.5. The van der Waals surface area contributed by atoms with E-state index < -0.39 is 5.97 Å². The van der Waals surface area contributed by atoms with E-state index >= 15 is 0 Å². The number of amides is 1. The lowest BCUT2D eigenvalue weighted by Gasteiger charge is -2.34. The number of benzene rings is 1. The van der Waals surface area contributed by atoms with E-state index in [1.807, 2.05) is 30.3 Å². The minimum Gasteiger partial charge on any atom is -0.452 e. The van der Waals surface area contributed by atoms with Gasteiger partial charge in [0.1, 0.15) is 10.7 Å². The molecule has 0 radical (unpaired) electrons. The van der Waals surface area contributed by atoms with Crippen molar-refractivity contribution in [3.05, 3.63) is 52.3 Å². The summed E-state index contributed by atoms with van der Waals surface area (Å²) in [5.41, 5.74) is 1.72. The molecule has 2 heterocycles. The summed E-state index contributed by atoms with van der Waals surface area (Å²) in [5, 5.41) is 4.57. The van der Waals surface area contributed by atoms with Gasteiger partial charge < -0.3 is 9.64 Å². The van der Waals surface area contributed by atoms with Crippen LogP contribution in [0.2, 0.25) is 5.15 Å². The Kier molecular flexibility index (Phi) is 6.39.